The molecule has 0 fully saturated rings. The molecule has 0 aliphatic rings. The van der Waals surface area contributed by atoms with Gasteiger partial charge in [-0.2, -0.15) is 0 Å². The van der Waals surface area contributed by atoms with Gasteiger partial charge in [0.2, 0.25) is 0 Å². The van der Waals surface area contributed by atoms with Crippen molar-refractivity contribution in [2.24, 2.45) is 0 Å². The van der Waals surface area contributed by atoms with E-state index in [9.17, 15) is 14.0 Å². The van der Waals surface area contributed by atoms with Crippen LogP contribution in [0.5, 0.6) is 0 Å². The van der Waals surface area contributed by atoms with Crippen LogP contribution in [0.25, 0.3) is 0 Å². The zero-order valence-electron chi connectivity index (χ0n) is 13.1. The molecule has 0 saturated heterocycles. The van der Waals surface area contributed by atoms with Crippen molar-refractivity contribution in [2.45, 2.75) is 51.7 Å². The molecule has 5 heteroatoms. The van der Waals surface area contributed by atoms with Crippen molar-refractivity contribution >= 4 is 12.4 Å². The zero-order valence-corrected chi connectivity index (χ0v) is 13.1. The summed E-state index contributed by atoms with van der Waals surface area (Å²) in [6, 6.07) is 5.84. The Morgan fingerprint density at radius 3 is 2.19 bits per heavy atom. The van der Waals surface area contributed by atoms with Crippen LogP contribution < -0.4 is 5.32 Å². The minimum absolute atomic E-state index is 0.330. The van der Waals surface area contributed by atoms with E-state index in [1.54, 1.807) is 46.8 Å². The number of benzene rings is 1. The van der Waals surface area contributed by atoms with Crippen molar-refractivity contribution in [3.8, 4) is 0 Å². The van der Waals surface area contributed by atoms with E-state index in [4.69, 9.17) is 4.74 Å². The first kappa shape index (κ1) is 17.1. The summed E-state index contributed by atoms with van der Waals surface area (Å²) in [5.41, 5.74) is -1.03. The highest BCUT2D eigenvalue weighted by atomic mass is 19.1. The van der Waals surface area contributed by atoms with Crippen LogP contribution >= 0.6 is 0 Å². The summed E-state index contributed by atoms with van der Waals surface area (Å²) in [5, 5.41) is 2.59. The standard InChI is InChI=1S/C16H22FNO3/c1-11(12-6-8-13(17)9-7-12)16(5,10-19)18-14(20)21-15(2,3)4/h6-11H,1-5H3,(H,18,20). The van der Waals surface area contributed by atoms with Crippen LogP contribution in [0.4, 0.5) is 9.18 Å². The molecule has 2 atom stereocenters. The van der Waals surface area contributed by atoms with Crippen LogP contribution in [0.2, 0.25) is 0 Å². The lowest BCUT2D eigenvalue weighted by Gasteiger charge is -2.32. The Hall–Kier alpha value is -1.91. The number of hydrogen-bond acceptors (Lipinski definition) is 3. The molecule has 0 aromatic heterocycles. The first-order chi connectivity index (χ1) is 9.57. The second-order valence-corrected chi connectivity index (χ2v) is 6.30. The van der Waals surface area contributed by atoms with Crippen molar-refractivity contribution in [1.29, 1.82) is 0 Å². The highest BCUT2D eigenvalue weighted by molar-refractivity contribution is 5.77. The van der Waals surface area contributed by atoms with E-state index in [0.717, 1.165) is 5.56 Å². The fourth-order valence-electron chi connectivity index (χ4n) is 1.86. The number of hydrogen-bond donors (Lipinski definition) is 1. The van der Waals surface area contributed by atoms with Crippen molar-refractivity contribution in [1.82, 2.24) is 5.32 Å². The molecule has 116 valence electrons. The molecular weight excluding hydrogens is 273 g/mol. The second kappa shape index (κ2) is 6.24. The number of alkyl carbamates (subject to hydrolysis) is 1. The van der Waals surface area contributed by atoms with Gasteiger partial charge in [0.05, 0.1) is 0 Å². The summed E-state index contributed by atoms with van der Waals surface area (Å²) in [6.45, 7) is 8.63. The molecular formula is C16H22FNO3. The number of halogens is 1. The van der Waals surface area contributed by atoms with E-state index in [1.807, 2.05) is 0 Å². The third-order valence-electron chi connectivity index (χ3n) is 3.28. The Bertz CT molecular complexity index is 507. The van der Waals surface area contributed by atoms with Crippen LogP contribution in [0.1, 0.15) is 46.1 Å². The molecule has 0 bridgehead atoms. The van der Waals surface area contributed by atoms with Gasteiger partial charge in [0.15, 0.2) is 0 Å². The van der Waals surface area contributed by atoms with Gasteiger partial charge in [-0.25, -0.2) is 9.18 Å². The van der Waals surface area contributed by atoms with E-state index >= 15 is 0 Å². The van der Waals surface area contributed by atoms with E-state index < -0.39 is 17.2 Å². The number of carbonyl (C=O) groups excluding carboxylic acids is 2. The minimum atomic E-state index is -1.14. The first-order valence-electron chi connectivity index (χ1n) is 6.80. The van der Waals surface area contributed by atoms with Crippen molar-refractivity contribution < 1.29 is 18.7 Å². The van der Waals surface area contributed by atoms with Crippen molar-refractivity contribution in [2.75, 3.05) is 0 Å². The fourth-order valence-corrected chi connectivity index (χ4v) is 1.86. The van der Waals surface area contributed by atoms with Crippen LogP contribution in [0.3, 0.4) is 0 Å². The molecule has 0 aliphatic carbocycles. The molecule has 0 spiro atoms. The highest BCUT2D eigenvalue weighted by Gasteiger charge is 2.35. The maximum Gasteiger partial charge on any atom is 0.408 e. The van der Waals surface area contributed by atoms with Crippen LogP contribution in [-0.4, -0.2) is 23.5 Å². The average Bonchev–Trinajstić information content (AvgIpc) is 2.36. The third kappa shape index (κ3) is 4.85. The average molecular weight is 295 g/mol. The number of nitrogens with one attached hydrogen (secondary N) is 1. The monoisotopic (exact) mass is 295 g/mol. The smallest absolute Gasteiger partial charge is 0.408 e. The maximum absolute atomic E-state index is 13.0. The van der Waals surface area contributed by atoms with Gasteiger partial charge in [0, 0.05) is 5.92 Å². The van der Waals surface area contributed by atoms with Crippen LogP contribution in [-0.2, 0) is 9.53 Å². The van der Waals surface area contributed by atoms with E-state index in [-0.39, 0.29) is 11.7 Å². The molecule has 1 rings (SSSR count). The molecule has 0 saturated carbocycles. The molecule has 1 amide bonds. The summed E-state index contributed by atoms with van der Waals surface area (Å²) in [5.74, 6) is -0.679. The lowest BCUT2D eigenvalue weighted by Crippen LogP contribution is -2.52. The molecule has 1 aromatic carbocycles. The van der Waals surface area contributed by atoms with E-state index in [2.05, 4.69) is 5.32 Å². The SMILES string of the molecule is CC(c1ccc(F)cc1)C(C)(C=O)NC(=O)OC(C)(C)C. The Balaban J connectivity index is 2.90. The van der Waals surface area contributed by atoms with Gasteiger partial charge in [-0.15, -0.1) is 0 Å². The first-order valence-corrected chi connectivity index (χ1v) is 6.80. The molecule has 2 unspecified atom stereocenters. The number of amides is 1. The van der Waals surface area contributed by atoms with Gasteiger partial charge >= 0.3 is 6.09 Å². The Kier molecular flexibility index (Phi) is 5.10. The predicted octanol–water partition coefficient (Wildman–Crippen LogP) is 3.41. The molecule has 21 heavy (non-hydrogen) atoms. The van der Waals surface area contributed by atoms with Crippen molar-refractivity contribution in [3.05, 3.63) is 35.6 Å². The minimum Gasteiger partial charge on any atom is -0.444 e. The van der Waals surface area contributed by atoms with Crippen LogP contribution in [0.15, 0.2) is 24.3 Å². The summed E-state index contributed by atoms with van der Waals surface area (Å²) in [4.78, 5) is 23.3. The summed E-state index contributed by atoms with van der Waals surface area (Å²) < 4.78 is 18.1. The number of carbonyl (C=O) groups is 2. The molecule has 0 aliphatic heterocycles. The third-order valence-corrected chi connectivity index (χ3v) is 3.28. The van der Waals surface area contributed by atoms with Gasteiger partial charge in [-0.1, -0.05) is 19.1 Å². The molecule has 1 N–H and O–H groups in total. The Morgan fingerprint density at radius 2 is 1.76 bits per heavy atom. The lowest BCUT2D eigenvalue weighted by molar-refractivity contribution is -0.113. The molecule has 1 aromatic rings. The molecule has 4 nitrogen and oxygen atoms in total. The number of aldehydes is 1. The van der Waals surface area contributed by atoms with Gasteiger partial charge in [0.1, 0.15) is 23.2 Å². The lowest BCUT2D eigenvalue weighted by atomic mass is 9.83. The maximum atomic E-state index is 13.0. The number of ether oxygens (including phenoxy) is 1. The van der Waals surface area contributed by atoms with Crippen LogP contribution in [0, 0.1) is 5.82 Å². The normalized spacial score (nSPS) is 15.7. The Morgan fingerprint density at radius 1 is 1.24 bits per heavy atom. The number of rotatable bonds is 4. The predicted molar refractivity (Wildman–Crippen MR) is 78.7 cm³/mol. The highest BCUT2D eigenvalue weighted by Crippen LogP contribution is 2.27. The van der Waals surface area contributed by atoms with Gasteiger partial charge in [-0.3, -0.25) is 0 Å². The Labute approximate surface area is 124 Å². The van der Waals surface area contributed by atoms with E-state index in [0.29, 0.717) is 6.29 Å². The summed E-state index contributed by atoms with van der Waals surface area (Å²) >= 11 is 0. The van der Waals surface area contributed by atoms with Crippen molar-refractivity contribution in [3.63, 3.8) is 0 Å². The van der Waals surface area contributed by atoms with Gasteiger partial charge in [0.25, 0.3) is 0 Å². The topological polar surface area (TPSA) is 55.4 Å². The second-order valence-electron chi connectivity index (χ2n) is 6.30. The van der Waals surface area contributed by atoms with E-state index in [1.165, 1.54) is 12.1 Å². The summed E-state index contributed by atoms with van der Waals surface area (Å²) in [6.07, 6.45) is 0.0105. The van der Waals surface area contributed by atoms with Gasteiger partial charge in [-0.05, 0) is 45.4 Å². The molecule has 0 heterocycles. The summed E-state index contributed by atoms with van der Waals surface area (Å²) in [7, 11) is 0. The zero-order chi connectivity index (χ0) is 16.3. The van der Waals surface area contributed by atoms with Gasteiger partial charge < -0.3 is 14.8 Å². The largest absolute Gasteiger partial charge is 0.444 e. The fraction of sp³-hybridized carbons (Fsp3) is 0.500. The quantitative estimate of drug-likeness (QED) is 0.866. The molecule has 0 radical (unpaired) electrons.